The smallest absolute Gasteiger partial charge is 0.140 e. The molecule has 2 heterocycles. The molecule has 3 rings (SSSR count). The predicted octanol–water partition coefficient (Wildman–Crippen LogP) is 5.32. The molecule has 0 fully saturated rings. The molecule has 3 aromatic rings. The van der Waals surface area contributed by atoms with Gasteiger partial charge in [-0.1, -0.05) is 28.1 Å². The third-order valence-electron chi connectivity index (χ3n) is 3.64. The van der Waals surface area contributed by atoms with Crippen LogP contribution in [0.3, 0.4) is 0 Å². The molecule has 0 spiro atoms. The number of benzene rings is 1. The van der Waals surface area contributed by atoms with Gasteiger partial charge < -0.3 is 4.57 Å². The summed E-state index contributed by atoms with van der Waals surface area (Å²) in [7, 11) is 0. The molecule has 0 radical (unpaired) electrons. The van der Waals surface area contributed by atoms with Gasteiger partial charge in [0.05, 0.1) is 0 Å². The molecule has 108 valence electrons. The van der Waals surface area contributed by atoms with Crippen LogP contribution in [-0.4, -0.2) is 9.55 Å². The average Bonchev–Trinajstić information content (AvgIpc) is 2.82. The number of hydrogen-bond donors (Lipinski definition) is 0. The minimum atomic E-state index is -0.218. The Bertz CT molecular complexity index is 775. The van der Waals surface area contributed by atoms with Gasteiger partial charge in [0.25, 0.3) is 0 Å². The lowest BCUT2D eigenvalue weighted by Gasteiger charge is -2.13. The molecule has 0 unspecified atom stereocenters. The van der Waals surface area contributed by atoms with E-state index in [0.717, 1.165) is 27.5 Å². The van der Waals surface area contributed by atoms with E-state index in [4.69, 9.17) is 0 Å². The Balaban J connectivity index is 2.38. The van der Waals surface area contributed by atoms with E-state index < -0.39 is 0 Å². The fourth-order valence-corrected chi connectivity index (χ4v) is 3.36. The minimum Gasteiger partial charge on any atom is -0.326 e. The number of nitrogens with zero attached hydrogens (tertiary/aromatic N) is 2. The van der Waals surface area contributed by atoms with Crippen molar-refractivity contribution >= 4 is 27.0 Å². The summed E-state index contributed by atoms with van der Waals surface area (Å²) in [6, 6.07) is 11.0. The zero-order chi connectivity index (χ0) is 15.0. The molecule has 0 aliphatic rings. The molecule has 1 aromatic carbocycles. The molecule has 0 bridgehead atoms. The van der Waals surface area contributed by atoms with Crippen LogP contribution in [0.5, 0.6) is 0 Å². The monoisotopic (exact) mass is 346 g/mol. The molecule has 0 atom stereocenters. The van der Waals surface area contributed by atoms with Gasteiger partial charge in [-0.2, -0.15) is 0 Å². The average molecular weight is 347 g/mol. The molecule has 0 saturated heterocycles. The van der Waals surface area contributed by atoms with Crippen molar-refractivity contribution < 1.29 is 4.39 Å². The first-order valence-electron chi connectivity index (χ1n) is 6.93. The molecule has 2 aromatic heterocycles. The van der Waals surface area contributed by atoms with Crippen LogP contribution in [0.2, 0.25) is 0 Å². The van der Waals surface area contributed by atoms with Crippen LogP contribution in [0.15, 0.2) is 42.6 Å². The Morgan fingerprint density at radius 2 is 1.90 bits per heavy atom. The summed E-state index contributed by atoms with van der Waals surface area (Å²) in [5.74, 6) is -0.218. The maximum atomic E-state index is 13.2. The van der Waals surface area contributed by atoms with Crippen molar-refractivity contribution in [1.82, 2.24) is 9.55 Å². The summed E-state index contributed by atoms with van der Waals surface area (Å²) in [5.41, 5.74) is 4.29. The van der Waals surface area contributed by atoms with Crippen molar-refractivity contribution in [2.45, 2.75) is 25.2 Å². The van der Waals surface area contributed by atoms with E-state index in [1.165, 1.54) is 17.8 Å². The Morgan fingerprint density at radius 3 is 2.52 bits per heavy atom. The normalized spacial score (nSPS) is 11.5. The number of pyridine rings is 1. The molecule has 4 heteroatoms. The topological polar surface area (TPSA) is 17.8 Å². The molecule has 0 saturated carbocycles. The van der Waals surface area contributed by atoms with E-state index in [0.29, 0.717) is 6.04 Å². The third kappa shape index (κ3) is 2.38. The van der Waals surface area contributed by atoms with Crippen molar-refractivity contribution in [3.05, 3.63) is 54.1 Å². The van der Waals surface area contributed by atoms with Gasteiger partial charge in [0.15, 0.2) is 0 Å². The van der Waals surface area contributed by atoms with Gasteiger partial charge >= 0.3 is 0 Å². The van der Waals surface area contributed by atoms with Crippen LogP contribution in [0.4, 0.5) is 4.39 Å². The van der Waals surface area contributed by atoms with Gasteiger partial charge in [-0.15, -0.1) is 0 Å². The summed E-state index contributed by atoms with van der Waals surface area (Å²) in [6.07, 6.45) is 1.81. The second-order valence-corrected chi connectivity index (χ2v) is 5.86. The maximum absolute atomic E-state index is 13.2. The molecule has 0 amide bonds. The molecular formula is C17H16BrFN2. The van der Waals surface area contributed by atoms with Gasteiger partial charge in [-0.3, -0.25) is 0 Å². The van der Waals surface area contributed by atoms with Crippen LogP contribution in [0.25, 0.3) is 22.2 Å². The van der Waals surface area contributed by atoms with Crippen molar-refractivity contribution in [2.24, 2.45) is 0 Å². The molecule has 0 aliphatic heterocycles. The molecule has 2 nitrogen and oxygen atoms in total. The lowest BCUT2D eigenvalue weighted by molar-refractivity contribution is 0.602. The Morgan fingerprint density at radius 1 is 1.19 bits per heavy atom. The third-order valence-corrected chi connectivity index (χ3v) is 4.17. The molecular weight excluding hydrogens is 331 g/mol. The highest BCUT2D eigenvalue weighted by Gasteiger charge is 2.19. The number of rotatable bonds is 3. The lowest BCUT2D eigenvalue weighted by atomic mass is 10.0. The minimum absolute atomic E-state index is 0.218. The van der Waals surface area contributed by atoms with E-state index in [-0.39, 0.29) is 5.82 Å². The van der Waals surface area contributed by atoms with Gasteiger partial charge in [0.2, 0.25) is 0 Å². The fourth-order valence-electron chi connectivity index (χ4n) is 2.81. The highest BCUT2D eigenvalue weighted by Crippen LogP contribution is 2.37. The van der Waals surface area contributed by atoms with E-state index in [9.17, 15) is 4.39 Å². The van der Waals surface area contributed by atoms with E-state index in [1.54, 1.807) is 0 Å². The van der Waals surface area contributed by atoms with E-state index in [1.807, 2.05) is 24.4 Å². The molecule has 0 N–H and O–H groups in total. The largest absolute Gasteiger partial charge is 0.326 e. The first-order chi connectivity index (χ1) is 10.1. The summed E-state index contributed by atoms with van der Waals surface area (Å²) in [5, 5.41) is 1.83. The first-order valence-corrected chi connectivity index (χ1v) is 8.05. The Kier molecular flexibility index (Phi) is 3.81. The van der Waals surface area contributed by atoms with Crippen LogP contribution in [-0.2, 0) is 5.33 Å². The first kappa shape index (κ1) is 14.3. The summed E-state index contributed by atoms with van der Waals surface area (Å²) < 4.78 is 15.4. The van der Waals surface area contributed by atoms with E-state index in [2.05, 4.69) is 45.4 Å². The van der Waals surface area contributed by atoms with Crippen LogP contribution >= 0.6 is 15.9 Å². The number of hydrogen-bond acceptors (Lipinski definition) is 1. The second kappa shape index (κ2) is 5.60. The van der Waals surface area contributed by atoms with Gasteiger partial charge in [-0.05, 0) is 43.7 Å². The number of alkyl halides is 1. The summed E-state index contributed by atoms with van der Waals surface area (Å²) >= 11 is 3.59. The molecule has 0 aliphatic carbocycles. The SMILES string of the molecule is CC(C)n1c(CBr)c(-c2ccc(F)cc2)c2cccnc21. The van der Waals surface area contributed by atoms with Crippen molar-refractivity contribution in [2.75, 3.05) is 0 Å². The fraction of sp³-hybridized carbons (Fsp3) is 0.235. The zero-order valence-electron chi connectivity index (χ0n) is 12.0. The highest BCUT2D eigenvalue weighted by molar-refractivity contribution is 9.08. The quantitative estimate of drug-likeness (QED) is 0.587. The standard InChI is InChI=1S/C17H16BrFN2/c1-11(2)21-15(10-18)16(12-5-7-13(19)8-6-12)14-4-3-9-20-17(14)21/h3-9,11H,10H2,1-2H3. The Labute approximate surface area is 131 Å². The lowest BCUT2D eigenvalue weighted by Crippen LogP contribution is -2.05. The predicted molar refractivity (Wildman–Crippen MR) is 88.1 cm³/mol. The van der Waals surface area contributed by atoms with Crippen LogP contribution in [0.1, 0.15) is 25.6 Å². The summed E-state index contributed by atoms with van der Waals surface area (Å²) in [4.78, 5) is 4.54. The van der Waals surface area contributed by atoms with Gasteiger partial charge in [-0.25, -0.2) is 9.37 Å². The van der Waals surface area contributed by atoms with E-state index >= 15 is 0 Å². The number of halogens is 2. The van der Waals surface area contributed by atoms with Crippen molar-refractivity contribution in [1.29, 1.82) is 0 Å². The number of aromatic nitrogens is 2. The summed E-state index contributed by atoms with van der Waals surface area (Å²) in [6.45, 7) is 4.30. The second-order valence-electron chi connectivity index (χ2n) is 5.30. The van der Waals surface area contributed by atoms with Gasteiger partial charge in [0, 0.05) is 34.2 Å². The zero-order valence-corrected chi connectivity index (χ0v) is 13.6. The Hall–Kier alpha value is -1.68. The van der Waals surface area contributed by atoms with Crippen molar-refractivity contribution in [3.8, 4) is 11.1 Å². The van der Waals surface area contributed by atoms with Crippen LogP contribution in [0, 0.1) is 5.82 Å². The van der Waals surface area contributed by atoms with Crippen LogP contribution < -0.4 is 0 Å². The van der Waals surface area contributed by atoms with Gasteiger partial charge in [0.1, 0.15) is 11.5 Å². The van der Waals surface area contributed by atoms with Crippen molar-refractivity contribution in [3.63, 3.8) is 0 Å². The number of fused-ring (bicyclic) bond motifs is 1. The maximum Gasteiger partial charge on any atom is 0.140 e. The highest BCUT2D eigenvalue weighted by atomic mass is 79.9. The molecule has 21 heavy (non-hydrogen) atoms.